The summed E-state index contributed by atoms with van der Waals surface area (Å²) in [4.78, 5) is 3.98. The third kappa shape index (κ3) is 2.49. The molecule has 4 nitrogen and oxygen atoms in total. The smallest absolute Gasteiger partial charge is 0.232 e. The first-order valence-electron chi connectivity index (χ1n) is 4.58. The maximum atomic E-state index is 11.6. The monoisotopic (exact) mass is 290 g/mol. The summed E-state index contributed by atoms with van der Waals surface area (Å²) < 4.78 is 25.5. The summed E-state index contributed by atoms with van der Waals surface area (Å²) in [5, 5.41) is 0. The first-order valence-corrected chi connectivity index (χ1v) is 7.22. The minimum absolute atomic E-state index is 0.121. The van der Waals surface area contributed by atoms with Gasteiger partial charge in [0.2, 0.25) is 10.0 Å². The number of aromatic nitrogens is 1. The van der Waals surface area contributed by atoms with Crippen molar-refractivity contribution in [2.45, 2.75) is 18.9 Å². The van der Waals surface area contributed by atoms with Crippen molar-refractivity contribution in [3.63, 3.8) is 0 Å². The molecule has 2 rings (SSSR count). The number of hydrogen-bond donors (Lipinski definition) is 0. The molecule has 0 unspecified atom stereocenters. The van der Waals surface area contributed by atoms with E-state index in [-0.39, 0.29) is 6.04 Å². The van der Waals surface area contributed by atoms with E-state index in [2.05, 4.69) is 20.9 Å². The molecule has 6 heteroatoms. The minimum Gasteiger partial charge on any atom is -0.266 e. The zero-order chi connectivity index (χ0) is 11.1. The number of anilines is 1. The van der Waals surface area contributed by atoms with Crippen LogP contribution in [0.3, 0.4) is 0 Å². The maximum Gasteiger partial charge on any atom is 0.232 e. The third-order valence-electron chi connectivity index (χ3n) is 2.18. The molecule has 0 N–H and O–H groups in total. The van der Waals surface area contributed by atoms with E-state index in [0.29, 0.717) is 5.69 Å². The first kappa shape index (κ1) is 10.9. The highest BCUT2D eigenvalue weighted by atomic mass is 79.9. The van der Waals surface area contributed by atoms with E-state index < -0.39 is 10.0 Å². The van der Waals surface area contributed by atoms with Gasteiger partial charge in [-0.15, -0.1) is 0 Å². The molecule has 1 aromatic rings. The van der Waals surface area contributed by atoms with Crippen molar-refractivity contribution in [2.75, 3.05) is 10.6 Å². The van der Waals surface area contributed by atoms with Crippen molar-refractivity contribution < 1.29 is 8.42 Å². The molecule has 1 heterocycles. The van der Waals surface area contributed by atoms with E-state index in [4.69, 9.17) is 0 Å². The second-order valence-electron chi connectivity index (χ2n) is 3.65. The molecule has 0 spiro atoms. The summed E-state index contributed by atoms with van der Waals surface area (Å²) in [6, 6.07) is 1.89. The summed E-state index contributed by atoms with van der Waals surface area (Å²) in [6.07, 6.45) is 6.30. The van der Waals surface area contributed by atoms with Crippen LogP contribution in [-0.2, 0) is 10.0 Å². The fourth-order valence-electron chi connectivity index (χ4n) is 1.50. The fourth-order valence-corrected chi connectivity index (χ4v) is 3.09. The van der Waals surface area contributed by atoms with Crippen LogP contribution in [0.5, 0.6) is 0 Å². The van der Waals surface area contributed by atoms with E-state index >= 15 is 0 Å². The van der Waals surface area contributed by atoms with Crippen LogP contribution < -0.4 is 4.31 Å². The Labute approximate surface area is 97.5 Å². The standard InChI is InChI=1S/C9H11BrN2O2S/c1-15(13,14)12(8-2-3-8)9-4-7(10)5-11-6-9/h4-6,8H,2-3H2,1H3. The predicted octanol–water partition coefficient (Wildman–Crippen LogP) is 1.77. The Morgan fingerprint density at radius 2 is 2.13 bits per heavy atom. The molecule has 1 saturated carbocycles. The average molecular weight is 291 g/mol. The van der Waals surface area contributed by atoms with Crippen LogP contribution in [0.4, 0.5) is 5.69 Å². The summed E-state index contributed by atoms with van der Waals surface area (Å²) in [5.41, 5.74) is 0.634. The van der Waals surface area contributed by atoms with Crippen molar-refractivity contribution in [1.82, 2.24) is 4.98 Å². The molecular formula is C9H11BrN2O2S. The Morgan fingerprint density at radius 1 is 1.47 bits per heavy atom. The van der Waals surface area contributed by atoms with Gasteiger partial charge in [-0.1, -0.05) is 0 Å². The number of nitrogens with zero attached hydrogens (tertiary/aromatic N) is 2. The Bertz CT molecular complexity index is 471. The molecule has 0 atom stereocenters. The molecule has 0 bridgehead atoms. The van der Waals surface area contributed by atoms with Crippen LogP contribution in [0.1, 0.15) is 12.8 Å². The highest BCUT2D eigenvalue weighted by molar-refractivity contribution is 9.10. The number of pyridine rings is 1. The maximum absolute atomic E-state index is 11.6. The molecule has 1 aromatic heterocycles. The molecule has 0 saturated heterocycles. The van der Waals surface area contributed by atoms with Crippen LogP contribution in [0.2, 0.25) is 0 Å². The van der Waals surface area contributed by atoms with Gasteiger partial charge >= 0.3 is 0 Å². The van der Waals surface area contributed by atoms with Crippen LogP contribution in [0, 0.1) is 0 Å². The van der Waals surface area contributed by atoms with Gasteiger partial charge in [-0.25, -0.2) is 8.42 Å². The molecule has 0 aliphatic heterocycles. The molecule has 15 heavy (non-hydrogen) atoms. The van der Waals surface area contributed by atoms with E-state index in [9.17, 15) is 8.42 Å². The highest BCUT2D eigenvalue weighted by Gasteiger charge is 2.35. The quantitative estimate of drug-likeness (QED) is 0.853. The van der Waals surface area contributed by atoms with E-state index in [1.54, 1.807) is 18.5 Å². The lowest BCUT2D eigenvalue weighted by Crippen LogP contribution is -2.32. The van der Waals surface area contributed by atoms with Crippen molar-refractivity contribution in [1.29, 1.82) is 0 Å². The highest BCUT2D eigenvalue weighted by Crippen LogP contribution is 2.34. The fraction of sp³-hybridized carbons (Fsp3) is 0.444. The van der Waals surface area contributed by atoms with Crippen molar-refractivity contribution in [2.24, 2.45) is 0 Å². The summed E-state index contributed by atoms with van der Waals surface area (Å²) in [6.45, 7) is 0. The second-order valence-corrected chi connectivity index (χ2v) is 6.43. The average Bonchev–Trinajstić information content (AvgIpc) is 2.86. The van der Waals surface area contributed by atoms with Gasteiger partial charge in [-0.05, 0) is 34.8 Å². The minimum atomic E-state index is -3.20. The largest absolute Gasteiger partial charge is 0.266 e. The van der Waals surface area contributed by atoms with Gasteiger partial charge in [0.1, 0.15) is 0 Å². The lowest BCUT2D eigenvalue weighted by Gasteiger charge is -2.21. The normalized spacial score (nSPS) is 16.4. The third-order valence-corrected chi connectivity index (χ3v) is 3.84. The van der Waals surface area contributed by atoms with Crippen molar-refractivity contribution >= 4 is 31.6 Å². The van der Waals surface area contributed by atoms with Gasteiger partial charge in [0.15, 0.2) is 0 Å². The van der Waals surface area contributed by atoms with Crippen molar-refractivity contribution in [3.8, 4) is 0 Å². The molecule has 0 aromatic carbocycles. The number of sulfonamides is 1. The zero-order valence-electron chi connectivity index (χ0n) is 8.22. The molecule has 1 fully saturated rings. The SMILES string of the molecule is CS(=O)(=O)N(c1cncc(Br)c1)C1CC1. The van der Waals surface area contributed by atoms with Crippen LogP contribution >= 0.6 is 15.9 Å². The Hall–Kier alpha value is -0.620. The lowest BCUT2D eigenvalue weighted by atomic mass is 10.4. The van der Waals surface area contributed by atoms with Gasteiger partial charge in [0.25, 0.3) is 0 Å². The number of halogens is 1. The number of hydrogen-bond acceptors (Lipinski definition) is 3. The first-order chi connectivity index (χ1) is 6.98. The summed E-state index contributed by atoms with van der Waals surface area (Å²) >= 11 is 3.28. The topological polar surface area (TPSA) is 50.3 Å². The van der Waals surface area contributed by atoms with E-state index in [1.807, 2.05) is 0 Å². The lowest BCUT2D eigenvalue weighted by molar-refractivity contribution is 0.596. The summed E-state index contributed by atoms with van der Waals surface area (Å²) in [7, 11) is -3.20. The van der Waals surface area contributed by atoms with Gasteiger partial charge in [0.05, 0.1) is 18.1 Å². The van der Waals surface area contributed by atoms with Crippen LogP contribution in [-0.4, -0.2) is 25.7 Å². The zero-order valence-corrected chi connectivity index (χ0v) is 10.6. The van der Waals surface area contributed by atoms with E-state index in [1.165, 1.54) is 10.6 Å². The molecule has 0 amide bonds. The number of rotatable bonds is 3. The molecule has 0 radical (unpaired) electrons. The molecule has 1 aliphatic carbocycles. The predicted molar refractivity (Wildman–Crippen MR) is 62.3 cm³/mol. The van der Waals surface area contributed by atoms with Gasteiger partial charge < -0.3 is 0 Å². The second kappa shape index (κ2) is 3.75. The van der Waals surface area contributed by atoms with Gasteiger partial charge in [-0.3, -0.25) is 9.29 Å². The van der Waals surface area contributed by atoms with Gasteiger partial charge in [-0.2, -0.15) is 0 Å². The van der Waals surface area contributed by atoms with Crippen molar-refractivity contribution in [3.05, 3.63) is 22.9 Å². The molecule has 82 valence electrons. The van der Waals surface area contributed by atoms with Crippen LogP contribution in [0.25, 0.3) is 0 Å². The Kier molecular flexibility index (Phi) is 2.72. The van der Waals surface area contributed by atoms with E-state index in [0.717, 1.165) is 17.3 Å². The summed E-state index contributed by atoms with van der Waals surface area (Å²) in [5.74, 6) is 0. The molecule has 1 aliphatic rings. The van der Waals surface area contributed by atoms with Crippen LogP contribution in [0.15, 0.2) is 22.9 Å². The molecular weight excluding hydrogens is 280 g/mol. The van der Waals surface area contributed by atoms with Gasteiger partial charge in [0, 0.05) is 16.7 Å². The Morgan fingerprint density at radius 3 is 2.60 bits per heavy atom. The Balaban J connectivity index is 2.41.